The van der Waals surface area contributed by atoms with Gasteiger partial charge in [0.15, 0.2) is 4.96 Å². The van der Waals surface area contributed by atoms with E-state index in [0.29, 0.717) is 0 Å². The van der Waals surface area contributed by atoms with E-state index in [2.05, 4.69) is 47.8 Å². The third kappa shape index (κ3) is 1.41. The van der Waals surface area contributed by atoms with Gasteiger partial charge < -0.3 is 0 Å². The monoisotopic (exact) mass is 248 g/mol. The molecule has 3 heterocycles. The molecule has 82 valence electrons. The van der Waals surface area contributed by atoms with Crippen molar-refractivity contribution in [3.05, 3.63) is 33.1 Å². The first-order valence-electron chi connectivity index (χ1n) is 5.16. The standard InChI is InChI=1S/C12H12N2S2/c1-7-4-10(6-15-7)11-5-14-8(2)9(3)16-12(14)13-11/h4-6H,1-3H3. The molecule has 0 atom stereocenters. The second kappa shape index (κ2) is 3.43. The first-order valence-corrected chi connectivity index (χ1v) is 6.85. The summed E-state index contributed by atoms with van der Waals surface area (Å²) in [6.07, 6.45) is 2.13. The zero-order valence-electron chi connectivity index (χ0n) is 9.44. The van der Waals surface area contributed by atoms with Crippen molar-refractivity contribution >= 4 is 27.6 Å². The summed E-state index contributed by atoms with van der Waals surface area (Å²) in [6, 6.07) is 2.19. The maximum absolute atomic E-state index is 4.67. The van der Waals surface area contributed by atoms with Crippen molar-refractivity contribution in [3.63, 3.8) is 0 Å². The summed E-state index contributed by atoms with van der Waals surface area (Å²) in [4.78, 5) is 8.43. The molecule has 0 radical (unpaired) electrons. The molecular formula is C12H12N2S2. The van der Waals surface area contributed by atoms with Crippen molar-refractivity contribution in [2.24, 2.45) is 0 Å². The minimum absolute atomic E-state index is 1.08. The third-order valence-corrected chi connectivity index (χ3v) is 4.75. The molecule has 3 rings (SSSR count). The first-order chi connectivity index (χ1) is 7.65. The molecule has 4 heteroatoms. The SMILES string of the molecule is Cc1cc(-c2cn3c(C)c(C)sc3n2)cs1. The number of fused-ring (bicyclic) bond motifs is 1. The molecule has 0 saturated carbocycles. The summed E-state index contributed by atoms with van der Waals surface area (Å²) in [5, 5.41) is 2.17. The van der Waals surface area contributed by atoms with Crippen molar-refractivity contribution < 1.29 is 0 Å². The molecule has 0 N–H and O–H groups in total. The Morgan fingerprint density at radius 3 is 2.69 bits per heavy atom. The van der Waals surface area contributed by atoms with E-state index >= 15 is 0 Å². The zero-order chi connectivity index (χ0) is 11.3. The number of hydrogen-bond donors (Lipinski definition) is 0. The van der Waals surface area contributed by atoms with Crippen LogP contribution in [-0.4, -0.2) is 9.38 Å². The summed E-state index contributed by atoms with van der Waals surface area (Å²) in [7, 11) is 0. The largest absolute Gasteiger partial charge is 0.294 e. The number of aryl methyl sites for hydroxylation is 3. The molecule has 0 aliphatic rings. The molecule has 0 amide bonds. The van der Waals surface area contributed by atoms with Crippen LogP contribution in [0, 0.1) is 20.8 Å². The van der Waals surface area contributed by atoms with Crippen molar-refractivity contribution in [1.82, 2.24) is 9.38 Å². The van der Waals surface area contributed by atoms with Crippen LogP contribution in [0.5, 0.6) is 0 Å². The Balaban J connectivity index is 2.19. The highest BCUT2D eigenvalue weighted by atomic mass is 32.1. The Labute approximate surface area is 102 Å². The lowest BCUT2D eigenvalue weighted by Crippen LogP contribution is -1.81. The van der Waals surface area contributed by atoms with Gasteiger partial charge in [0.05, 0.1) is 5.69 Å². The van der Waals surface area contributed by atoms with E-state index in [1.165, 1.54) is 21.0 Å². The van der Waals surface area contributed by atoms with Gasteiger partial charge in [0, 0.05) is 32.6 Å². The van der Waals surface area contributed by atoms with Gasteiger partial charge in [0.1, 0.15) is 0 Å². The van der Waals surface area contributed by atoms with Crippen molar-refractivity contribution in [2.45, 2.75) is 20.8 Å². The van der Waals surface area contributed by atoms with Gasteiger partial charge in [-0.15, -0.1) is 22.7 Å². The lowest BCUT2D eigenvalue weighted by molar-refractivity contribution is 1.11. The lowest BCUT2D eigenvalue weighted by atomic mass is 10.2. The van der Waals surface area contributed by atoms with Crippen LogP contribution in [0.4, 0.5) is 0 Å². The fourth-order valence-corrected chi connectivity index (χ4v) is 3.42. The molecule has 3 aromatic heterocycles. The Kier molecular flexibility index (Phi) is 2.16. The summed E-state index contributed by atoms with van der Waals surface area (Å²) < 4.78 is 2.18. The van der Waals surface area contributed by atoms with E-state index in [0.717, 1.165) is 10.7 Å². The van der Waals surface area contributed by atoms with Gasteiger partial charge >= 0.3 is 0 Å². The Morgan fingerprint density at radius 2 is 2.06 bits per heavy atom. The second-order valence-electron chi connectivity index (χ2n) is 3.97. The number of hydrogen-bond acceptors (Lipinski definition) is 3. The molecule has 0 spiro atoms. The van der Waals surface area contributed by atoms with E-state index in [4.69, 9.17) is 0 Å². The smallest absolute Gasteiger partial charge is 0.194 e. The maximum Gasteiger partial charge on any atom is 0.194 e. The number of thiazole rings is 1. The Hall–Kier alpha value is -1.13. The van der Waals surface area contributed by atoms with Gasteiger partial charge in [-0.05, 0) is 26.8 Å². The molecule has 16 heavy (non-hydrogen) atoms. The lowest BCUT2D eigenvalue weighted by Gasteiger charge is -1.90. The molecule has 0 unspecified atom stereocenters. The maximum atomic E-state index is 4.67. The molecule has 0 bridgehead atoms. The zero-order valence-corrected chi connectivity index (χ0v) is 11.1. The predicted molar refractivity (Wildman–Crippen MR) is 70.6 cm³/mol. The van der Waals surface area contributed by atoms with E-state index in [9.17, 15) is 0 Å². The third-order valence-electron chi connectivity index (χ3n) is 2.82. The van der Waals surface area contributed by atoms with Crippen molar-refractivity contribution in [2.75, 3.05) is 0 Å². The second-order valence-corrected chi connectivity index (χ2v) is 6.27. The summed E-state index contributed by atoms with van der Waals surface area (Å²) in [5.74, 6) is 0. The number of aromatic nitrogens is 2. The van der Waals surface area contributed by atoms with Gasteiger partial charge in [0.25, 0.3) is 0 Å². The van der Waals surface area contributed by atoms with Crippen LogP contribution in [0.2, 0.25) is 0 Å². The average Bonchev–Trinajstić information content (AvgIpc) is 2.87. The van der Waals surface area contributed by atoms with Gasteiger partial charge in [-0.2, -0.15) is 0 Å². The van der Waals surface area contributed by atoms with Crippen LogP contribution in [0.15, 0.2) is 17.6 Å². The molecule has 0 aliphatic carbocycles. The van der Waals surface area contributed by atoms with E-state index < -0.39 is 0 Å². The highest BCUT2D eigenvalue weighted by molar-refractivity contribution is 7.17. The van der Waals surface area contributed by atoms with Crippen LogP contribution < -0.4 is 0 Å². The van der Waals surface area contributed by atoms with E-state index in [1.54, 1.807) is 22.7 Å². The topological polar surface area (TPSA) is 17.3 Å². The van der Waals surface area contributed by atoms with E-state index in [-0.39, 0.29) is 0 Å². The van der Waals surface area contributed by atoms with Crippen molar-refractivity contribution in [3.8, 4) is 11.3 Å². The molecule has 0 aromatic carbocycles. The van der Waals surface area contributed by atoms with Crippen LogP contribution in [0.25, 0.3) is 16.2 Å². The van der Waals surface area contributed by atoms with Crippen LogP contribution in [0.3, 0.4) is 0 Å². The minimum atomic E-state index is 1.08. The van der Waals surface area contributed by atoms with Gasteiger partial charge in [-0.1, -0.05) is 0 Å². The number of rotatable bonds is 1. The molecule has 3 aromatic rings. The summed E-state index contributed by atoms with van der Waals surface area (Å²) in [5.41, 5.74) is 3.61. The van der Waals surface area contributed by atoms with Crippen LogP contribution in [0.1, 0.15) is 15.4 Å². The number of nitrogens with zero attached hydrogens (tertiary/aromatic N) is 2. The fourth-order valence-electron chi connectivity index (χ4n) is 1.77. The van der Waals surface area contributed by atoms with Gasteiger partial charge in [-0.3, -0.25) is 4.40 Å². The molecule has 0 aliphatic heterocycles. The molecular weight excluding hydrogens is 236 g/mol. The fraction of sp³-hybridized carbons (Fsp3) is 0.250. The van der Waals surface area contributed by atoms with Crippen LogP contribution in [-0.2, 0) is 0 Å². The van der Waals surface area contributed by atoms with Crippen molar-refractivity contribution in [1.29, 1.82) is 0 Å². The average molecular weight is 248 g/mol. The summed E-state index contributed by atoms with van der Waals surface area (Å²) >= 11 is 3.53. The van der Waals surface area contributed by atoms with Gasteiger partial charge in [0.2, 0.25) is 0 Å². The Morgan fingerprint density at radius 1 is 1.25 bits per heavy atom. The summed E-state index contributed by atoms with van der Waals surface area (Å²) in [6.45, 7) is 6.41. The number of thiophene rings is 1. The number of imidazole rings is 1. The predicted octanol–water partition coefficient (Wildman–Crippen LogP) is 4.05. The highest BCUT2D eigenvalue weighted by Crippen LogP contribution is 2.28. The van der Waals surface area contributed by atoms with Gasteiger partial charge in [-0.25, -0.2) is 4.98 Å². The normalized spacial score (nSPS) is 11.4. The quantitative estimate of drug-likeness (QED) is 0.635. The molecule has 2 nitrogen and oxygen atoms in total. The first kappa shape index (κ1) is 10.1. The Bertz CT molecular complexity index is 658. The van der Waals surface area contributed by atoms with Crippen LogP contribution >= 0.6 is 22.7 Å². The highest BCUT2D eigenvalue weighted by Gasteiger charge is 2.10. The van der Waals surface area contributed by atoms with E-state index in [1.807, 2.05) is 0 Å². The minimum Gasteiger partial charge on any atom is -0.294 e. The molecule has 0 saturated heterocycles. The molecule has 0 fully saturated rings.